The van der Waals surface area contributed by atoms with Gasteiger partial charge in [-0.05, 0) is 0 Å². The SMILES string of the molecule is O.[F][Zn][F]. The van der Waals surface area contributed by atoms with Gasteiger partial charge < -0.3 is 5.48 Å². The summed E-state index contributed by atoms with van der Waals surface area (Å²) in [4.78, 5) is 0. The van der Waals surface area contributed by atoms with Crippen LogP contribution in [0.5, 0.6) is 0 Å². The Morgan fingerprint density at radius 2 is 1.25 bits per heavy atom. The zero-order chi connectivity index (χ0) is 2.71. The zero-order valence-electron chi connectivity index (χ0n) is 1.96. The molecule has 0 bridgehead atoms. The molecule has 0 spiro atoms. The van der Waals surface area contributed by atoms with Crippen molar-refractivity contribution in [2.75, 3.05) is 0 Å². The first-order valence-corrected chi connectivity index (χ1v) is 2.78. The third-order valence-electron chi connectivity index (χ3n) is 0. The van der Waals surface area contributed by atoms with Gasteiger partial charge in [0.25, 0.3) is 0 Å². The number of rotatable bonds is 0. The standard InChI is InChI=1S/2FH.H2O.Zn/h2*1H;1H2;/q;;;+2/p-2. The molecule has 4 heavy (non-hydrogen) atoms. The number of hydrogen-bond acceptors (Lipinski definition) is 0. The molecule has 4 heteroatoms. The third-order valence-corrected chi connectivity index (χ3v) is 0. The minimum absolute atomic E-state index is 0. The van der Waals surface area contributed by atoms with Gasteiger partial charge in [-0.3, -0.25) is 0 Å². The molecule has 0 aromatic carbocycles. The summed E-state index contributed by atoms with van der Waals surface area (Å²) in [7, 11) is 0. The Balaban J connectivity index is 0. The van der Waals surface area contributed by atoms with Crippen molar-refractivity contribution in [2.45, 2.75) is 0 Å². The van der Waals surface area contributed by atoms with E-state index in [0.29, 0.717) is 0 Å². The molecule has 0 aromatic heterocycles. The summed E-state index contributed by atoms with van der Waals surface area (Å²) < 4.78 is 19.6. The maximum absolute atomic E-state index is 9.81. The summed E-state index contributed by atoms with van der Waals surface area (Å²) in [5, 5.41) is 0. The van der Waals surface area contributed by atoms with E-state index in [-0.39, 0.29) is 5.48 Å². The van der Waals surface area contributed by atoms with Gasteiger partial charge in [0.05, 0.1) is 0 Å². The third kappa shape index (κ3) is 25.9. The number of halogens is 2. The van der Waals surface area contributed by atoms with Gasteiger partial charge in [0.1, 0.15) is 0 Å². The molecular weight excluding hydrogens is 119 g/mol. The molecule has 0 fully saturated rings. The van der Waals surface area contributed by atoms with Crippen LogP contribution < -0.4 is 0 Å². The molecule has 0 unspecified atom stereocenters. The summed E-state index contributed by atoms with van der Waals surface area (Å²) >= 11 is -2.88. The summed E-state index contributed by atoms with van der Waals surface area (Å²) in [5.74, 6) is 0. The van der Waals surface area contributed by atoms with Gasteiger partial charge >= 0.3 is 24.8 Å². The van der Waals surface area contributed by atoms with Crippen molar-refractivity contribution in [3.63, 3.8) is 0 Å². The van der Waals surface area contributed by atoms with Crippen LogP contribution in [0.2, 0.25) is 0 Å². The summed E-state index contributed by atoms with van der Waals surface area (Å²) in [5.41, 5.74) is 0. The average Bonchev–Trinajstić information content (AvgIpc) is 0.918. The minimum atomic E-state index is -2.88. The molecule has 0 amide bonds. The van der Waals surface area contributed by atoms with Gasteiger partial charge in [0, 0.05) is 0 Å². The molecule has 0 saturated carbocycles. The van der Waals surface area contributed by atoms with E-state index >= 15 is 0 Å². The normalized spacial score (nSPS) is 2.50. The van der Waals surface area contributed by atoms with E-state index in [1.165, 1.54) is 0 Å². The van der Waals surface area contributed by atoms with E-state index in [1.54, 1.807) is 0 Å². The van der Waals surface area contributed by atoms with Crippen molar-refractivity contribution in [3.05, 3.63) is 0 Å². The van der Waals surface area contributed by atoms with Gasteiger partial charge in [-0.2, -0.15) is 0 Å². The van der Waals surface area contributed by atoms with Gasteiger partial charge in [0.15, 0.2) is 0 Å². The number of hydrogen-bond donors (Lipinski definition) is 0. The van der Waals surface area contributed by atoms with E-state index in [2.05, 4.69) is 0 Å². The molecule has 0 saturated heterocycles. The predicted molar refractivity (Wildman–Crippen MR) is 5.83 cm³/mol. The monoisotopic (exact) mass is 120 g/mol. The van der Waals surface area contributed by atoms with Crippen molar-refractivity contribution in [1.82, 2.24) is 0 Å². The van der Waals surface area contributed by atoms with Crippen molar-refractivity contribution in [3.8, 4) is 0 Å². The molecule has 0 rings (SSSR count). The summed E-state index contributed by atoms with van der Waals surface area (Å²) in [6, 6.07) is 0. The molecule has 0 aliphatic rings. The van der Waals surface area contributed by atoms with Crippen LogP contribution in [0, 0.1) is 0 Å². The predicted octanol–water partition coefficient (Wildman–Crippen LogP) is 0.0132. The van der Waals surface area contributed by atoms with Gasteiger partial charge in [0.2, 0.25) is 0 Å². The first-order chi connectivity index (χ1) is 1.41. The van der Waals surface area contributed by atoms with Crippen LogP contribution in [0.1, 0.15) is 0 Å². The van der Waals surface area contributed by atoms with Crippen molar-refractivity contribution < 1.29 is 30.2 Å². The Kier molecular flexibility index (Phi) is 21.8. The first kappa shape index (κ1) is 8.82. The van der Waals surface area contributed by atoms with Crippen LogP contribution in [0.15, 0.2) is 0 Å². The van der Waals surface area contributed by atoms with Crippen LogP contribution in [-0.2, 0) is 18.1 Å². The van der Waals surface area contributed by atoms with Crippen LogP contribution in [0.3, 0.4) is 0 Å². The second-order valence-corrected chi connectivity index (χ2v) is 0.525. The molecule has 0 radical (unpaired) electrons. The van der Waals surface area contributed by atoms with E-state index in [0.717, 1.165) is 0 Å². The van der Waals surface area contributed by atoms with E-state index in [9.17, 15) is 6.63 Å². The average molecular weight is 121 g/mol. The fourth-order valence-corrected chi connectivity index (χ4v) is 0. The summed E-state index contributed by atoms with van der Waals surface area (Å²) in [6.45, 7) is 0. The Labute approximate surface area is 31.1 Å². The van der Waals surface area contributed by atoms with Crippen molar-refractivity contribution >= 4 is 0 Å². The Morgan fingerprint density at radius 3 is 1.25 bits per heavy atom. The second kappa shape index (κ2) is 9.87. The molecule has 1 nitrogen and oxygen atoms in total. The Morgan fingerprint density at radius 1 is 1.25 bits per heavy atom. The maximum atomic E-state index is 9.81. The topological polar surface area (TPSA) is 31.5 Å². The fraction of sp³-hybridized carbons (Fsp3) is 0. The molecule has 0 aliphatic heterocycles. The van der Waals surface area contributed by atoms with Gasteiger partial charge in [-0.1, -0.05) is 0 Å². The molecule has 2 N–H and O–H groups in total. The summed E-state index contributed by atoms with van der Waals surface area (Å²) in [6.07, 6.45) is 0. The van der Waals surface area contributed by atoms with Crippen molar-refractivity contribution in [2.24, 2.45) is 0 Å². The van der Waals surface area contributed by atoms with Gasteiger partial charge in [-0.15, -0.1) is 0 Å². The van der Waals surface area contributed by atoms with Crippen LogP contribution in [0.4, 0.5) is 6.63 Å². The van der Waals surface area contributed by atoms with Crippen LogP contribution in [-0.4, -0.2) is 5.48 Å². The van der Waals surface area contributed by atoms with Crippen LogP contribution in [0.25, 0.3) is 0 Å². The first-order valence-electron chi connectivity index (χ1n) is 0.535. The molecular formula is H2F2OZn. The quantitative estimate of drug-likeness (QED) is 0.405. The molecule has 0 aromatic rings. The molecule has 0 heterocycles. The molecule has 0 aliphatic carbocycles. The molecule has 24 valence electrons. The fourth-order valence-electron chi connectivity index (χ4n) is 0. The van der Waals surface area contributed by atoms with Crippen molar-refractivity contribution in [1.29, 1.82) is 0 Å². The second-order valence-electron chi connectivity index (χ2n) is 0.101. The van der Waals surface area contributed by atoms with E-state index in [4.69, 9.17) is 0 Å². The Hall–Kier alpha value is 0.443. The van der Waals surface area contributed by atoms with E-state index < -0.39 is 18.1 Å². The van der Waals surface area contributed by atoms with Gasteiger partial charge in [-0.25, -0.2) is 0 Å². The van der Waals surface area contributed by atoms with E-state index in [1.807, 2.05) is 0 Å². The zero-order valence-corrected chi connectivity index (χ0v) is 4.93. The Bertz CT molecular complexity index is 6.00. The molecule has 0 atom stereocenters. The van der Waals surface area contributed by atoms with Crippen LogP contribution >= 0.6 is 0 Å².